The molecule has 182 valence electrons. The van der Waals surface area contributed by atoms with Crippen LogP contribution in [-0.2, 0) is 19.5 Å². The zero-order valence-corrected chi connectivity index (χ0v) is 20.9. The van der Waals surface area contributed by atoms with Crippen LogP contribution in [0.5, 0.6) is 17.2 Å². The van der Waals surface area contributed by atoms with Gasteiger partial charge >= 0.3 is 0 Å². The normalized spacial score (nSPS) is 10.9. The summed E-state index contributed by atoms with van der Waals surface area (Å²) >= 11 is 6.56. The van der Waals surface area contributed by atoms with Crippen LogP contribution in [0.2, 0.25) is 5.15 Å². The molecule has 2 heterocycles. The summed E-state index contributed by atoms with van der Waals surface area (Å²) in [7, 11) is 4.65. The maximum atomic E-state index is 13.4. The molecular weight excluding hydrogens is 468 g/mol. The molecule has 0 N–H and O–H groups in total. The first-order valence-electron chi connectivity index (χ1n) is 11.2. The Morgan fingerprint density at radius 3 is 2.31 bits per heavy atom. The minimum atomic E-state index is -0.276. The molecule has 0 aliphatic rings. The highest BCUT2D eigenvalue weighted by Gasteiger charge is 2.23. The van der Waals surface area contributed by atoms with Crippen LogP contribution in [0.15, 0.2) is 59.2 Å². The van der Waals surface area contributed by atoms with E-state index in [4.69, 9.17) is 30.2 Å². The number of fused-ring (bicyclic) bond motifs is 1. The highest BCUT2D eigenvalue weighted by Crippen LogP contribution is 2.38. The summed E-state index contributed by atoms with van der Waals surface area (Å²) in [5, 5.41) is 1.32. The molecule has 4 aromatic rings. The van der Waals surface area contributed by atoms with Crippen molar-refractivity contribution < 1.29 is 23.4 Å². The molecule has 0 aliphatic carbocycles. The van der Waals surface area contributed by atoms with Gasteiger partial charge in [-0.25, -0.2) is 4.98 Å². The zero-order chi connectivity index (χ0) is 24.9. The average molecular weight is 495 g/mol. The van der Waals surface area contributed by atoms with Crippen LogP contribution in [0.25, 0.3) is 10.9 Å². The molecule has 0 spiro atoms. The predicted octanol–water partition coefficient (Wildman–Crippen LogP) is 5.91. The summed E-state index contributed by atoms with van der Waals surface area (Å²) in [4.78, 5) is 19.6. The molecule has 1 amide bonds. The van der Waals surface area contributed by atoms with E-state index in [0.29, 0.717) is 22.4 Å². The number of pyridine rings is 1. The largest absolute Gasteiger partial charge is 0.493 e. The number of methoxy groups -OCH3 is 3. The molecule has 0 bridgehead atoms. The lowest BCUT2D eigenvalue weighted by Crippen LogP contribution is -2.30. The van der Waals surface area contributed by atoms with Crippen molar-refractivity contribution in [3.05, 3.63) is 82.4 Å². The zero-order valence-electron chi connectivity index (χ0n) is 20.1. The minimum Gasteiger partial charge on any atom is -0.493 e. The fourth-order valence-electron chi connectivity index (χ4n) is 3.99. The van der Waals surface area contributed by atoms with Crippen LogP contribution >= 0.6 is 11.6 Å². The van der Waals surface area contributed by atoms with Gasteiger partial charge in [-0.15, -0.1) is 0 Å². The second-order valence-corrected chi connectivity index (χ2v) is 8.35. The van der Waals surface area contributed by atoms with Crippen LogP contribution in [0, 0.1) is 0 Å². The molecule has 0 fully saturated rings. The first kappa shape index (κ1) is 24.4. The summed E-state index contributed by atoms with van der Waals surface area (Å²) in [6.07, 6.45) is 2.39. The lowest BCUT2D eigenvalue weighted by Gasteiger charge is -2.24. The van der Waals surface area contributed by atoms with Crippen molar-refractivity contribution in [3.8, 4) is 17.2 Å². The number of nitrogens with zero attached hydrogens (tertiary/aromatic N) is 2. The Morgan fingerprint density at radius 1 is 0.971 bits per heavy atom. The van der Waals surface area contributed by atoms with Gasteiger partial charge in [0.2, 0.25) is 5.75 Å². The van der Waals surface area contributed by atoms with E-state index in [1.165, 1.54) is 11.8 Å². The molecule has 7 nitrogen and oxygen atoms in total. The van der Waals surface area contributed by atoms with Gasteiger partial charge in [0.1, 0.15) is 5.15 Å². The Morgan fingerprint density at radius 2 is 1.71 bits per heavy atom. The molecule has 0 unspecified atom stereocenters. The Kier molecular flexibility index (Phi) is 7.46. The summed E-state index contributed by atoms with van der Waals surface area (Å²) in [6.45, 7) is 2.58. The number of ether oxygens (including phenoxy) is 3. The van der Waals surface area contributed by atoms with Crippen molar-refractivity contribution in [2.24, 2.45) is 0 Å². The first-order valence-corrected chi connectivity index (χ1v) is 11.5. The quantitative estimate of drug-likeness (QED) is 0.269. The van der Waals surface area contributed by atoms with E-state index < -0.39 is 0 Å². The van der Waals surface area contributed by atoms with E-state index in [0.717, 1.165) is 28.5 Å². The summed E-state index contributed by atoms with van der Waals surface area (Å²) in [5.74, 6) is 1.45. The number of benzene rings is 2. The van der Waals surface area contributed by atoms with Crippen molar-refractivity contribution in [3.63, 3.8) is 0 Å². The van der Waals surface area contributed by atoms with Crippen molar-refractivity contribution in [2.45, 2.75) is 26.4 Å². The second kappa shape index (κ2) is 10.7. The smallest absolute Gasteiger partial charge is 0.290 e. The lowest BCUT2D eigenvalue weighted by molar-refractivity contribution is 0.0697. The van der Waals surface area contributed by atoms with E-state index in [2.05, 4.69) is 18.0 Å². The van der Waals surface area contributed by atoms with E-state index >= 15 is 0 Å². The standard InChI is InChI=1S/C27H27ClN2O5/c1-5-17-8-9-21-19(11-17)14-20(26(28)29-21)16-30(27(31)22-7-6-10-35-22)15-18-12-23(32-2)25(34-4)24(13-18)33-3/h6-14H,5,15-16H2,1-4H3. The first-order chi connectivity index (χ1) is 17.0. The Bertz CT molecular complexity index is 1310. The molecule has 0 aliphatic heterocycles. The number of carbonyl (C=O) groups is 1. The minimum absolute atomic E-state index is 0.230. The Hall–Kier alpha value is -3.71. The molecule has 0 saturated carbocycles. The number of carbonyl (C=O) groups excluding carboxylic acids is 1. The number of aryl methyl sites for hydroxylation is 1. The van der Waals surface area contributed by atoms with Crippen molar-refractivity contribution in [2.75, 3.05) is 21.3 Å². The van der Waals surface area contributed by atoms with Gasteiger partial charge < -0.3 is 23.5 Å². The van der Waals surface area contributed by atoms with E-state index in [1.807, 2.05) is 30.3 Å². The third-order valence-corrected chi connectivity index (χ3v) is 6.12. The molecule has 8 heteroatoms. The third kappa shape index (κ3) is 5.20. The number of halogens is 1. The number of aromatic nitrogens is 1. The van der Waals surface area contributed by atoms with Gasteiger partial charge in [-0.1, -0.05) is 24.6 Å². The molecule has 2 aromatic heterocycles. The van der Waals surface area contributed by atoms with Crippen molar-refractivity contribution in [1.82, 2.24) is 9.88 Å². The maximum absolute atomic E-state index is 13.4. The fourth-order valence-corrected chi connectivity index (χ4v) is 4.19. The van der Waals surface area contributed by atoms with E-state index in [1.54, 1.807) is 38.4 Å². The van der Waals surface area contributed by atoms with Gasteiger partial charge in [-0.3, -0.25) is 4.79 Å². The van der Waals surface area contributed by atoms with Gasteiger partial charge in [0, 0.05) is 24.0 Å². The Balaban J connectivity index is 1.73. The summed E-state index contributed by atoms with van der Waals surface area (Å²) in [5.41, 5.74) is 3.54. The number of furan rings is 1. The molecule has 35 heavy (non-hydrogen) atoms. The average Bonchev–Trinajstić information content (AvgIpc) is 3.42. The number of hydrogen-bond donors (Lipinski definition) is 0. The number of hydrogen-bond acceptors (Lipinski definition) is 6. The molecule has 4 rings (SSSR count). The van der Waals surface area contributed by atoms with Gasteiger partial charge in [0.05, 0.1) is 33.1 Å². The maximum Gasteiger partial charge on any atom is 0.290 e. The van der Waals surface area contributed by atoms with Gasteiger partial charge in [-0.2, -0.15) is 0 Å². The molecular formula is C27H27ClN2O5. The summed E-state index contributed by atoms with van der Waals surface area (Å²) < 4.78 is 21.8. The lowest BCUT2D eigenvalue weighted by atomic mass is 10.1. The molecule has 0 saturated heterocycles. The van der Waals surface area contributed by atoms with Gasteiger partial charge in [0.25, 0.3) is 5.91 Å². The fraction of sp³-hybridized carbons (Fsp3) is 0.259. The number of amides is 1. The van der Waals surface area contributed by atoms with Crippen LogP contribution in [0.1, 0.15) is 34.2 Å². The predicted molar refractivity (Wildman–Crippen MR) is 135 cm³/mol. The molecule has 0 atom stereocenters. The highest BCUT2D eigenvalue weighted by molar-refractivity contribution is 6.30. The second-order valence-electron chi connectivity index (χ2n) is 7.99. The monoisotopic (exact) mass is 494 g/mol. The van der Waals surface area contributed by atoms with Crippen LogP contribution in [-0.4, -0.2) is 37.1 Å². The topological polar surface area (TPSA) is 74.0 Å². The Labute approximate surface area is 209 Å². The number of rotatable bonds is 9. The van der Waals surface area contributed by atoms with Crippen LogP contribution < -0.4 is 14.2 Å². The summed E-state index contributed by atoms with van der Waals surface area (Å²) in [6, 6.07) is 15.0. The van der Waals surface area contributed by atoms with Gasteiger partial charge in [-0.05, 0) is 60.0 Å². The van der Waals surface area contributed by atoms with Crippen molar-refractivity contribution >= 4 is 28.4 Å². The highest BCUT2D eigenvalue weighted by atomic mass is 35.5. The van der Waals surface area contributed by atoms with E-state index in [-0.39, 0.29) is 24.8 Å². The van der Waals surface area contributed by atoms with Crippen LogP contribution in [0.3, 0.4) is 0 Å². The third-order valence-electron chi connectivity index (χ3n) is 5.79. The van der Waals surface area contributed by atoms with E-state index in [9.17, 15) is 4.79 Å². The molecule has 0 radical (unpaired) electrons. The van der Waals surface area contributed by atoms with Crippen molar-refractivity contribution in [1.29, 1.82) is 0 Å². The van der Waals surface area contributed by atoms with Gasteiger partial charge in [0.15, 0.2) is 17.3 Å². The SMILES string of the molecule is CCc1ccc2nc(Cl)c(CN(Cc3cc(OC)c(OC)c(OC)c3)C(=O)c3ccco3)cc2c1. The molecule has 2 aromatic carbocycles. The van der Waals surface area contributed by atoms with Crippen LogP contribution in [0.4, 0.5) is 0 Å².